The Labute approximate surface area is 100 Å². The molecular formula is C14H27NO. The maximum absolute atomic E-state index is 6.01. The fourth-order valence-corrected chi connectivity index (χ4v) is 3.50. The van der Waals surface area contributed by atoms with Gasteiger partial charge in [-0.1, -0.05) is 26.7 Å². The summed E-state index contributed by atoms with van der Waals surface area (Å²) in [6.45, 7) is 7.83. The van der Waals surface area contributed by atoms with Crippen molar-refractivity contribution in [1.82, 2.24) is 5.32 Å². The van der Waals surface area contributed by atoms with E-state index in [-0.39, 0.29) is 0 Å². The van der Waals surface area contributed by atoms with Gasteiger partial charge in [-0.05, 0) is 37.6 Å². The van der Waals surface area contributed by atoms with E-state index in [0.29, 0.717) is 6.10 Å². The van der Waals surface area contributed by atoms with E-state index >= 15 is 0 Å². The summed E-state index contributed by atoms with van der Waals surface area (Å²) in [7, 11) is 0. The molecule has 0 radical (unpaired) electrons. The van der Waals surface area contributed by atoms with E-state index in [1.807, 2.05) is 0 Å². The van der Waals surface area contributed by atoms with Gasteiger partial charge in [-0.3, -0.25) is 0 Å². The molecule has 4 unspecified atom stereocenters. The second-order valence-electron chi connectivity index (χ2n) is 5.72. The lowest BCUT2D eigenvalue weighted by Crippen LogP contribution is -2.35. The molecule has 1 N–H and O–H groups in total. The maximum atomic E-state index is 6.01. The number of hydrogen-bond donors (Lipinski definition) is 1. The molecule has 0 amide bonds. The molecule has 0 aromatic rings. The zero-order chi connectivity index (χ0) is 11.4. The Kier molecular flexibility index (Phi) is 4.66. The summed E-state index contributed by atoms with van der Waals surface area (Å²) in [4.78, 5) is 0. The predicted octanol–water partition coefficient (Wildman–Crippen LogP) is 2.83. The molecule has 2 heteroatoms. The van der Waals surface area contributed by atoms with Crippen LogP contribution in [-0.4, -0.2) is 25.8 Å². The SMILES string of the molecule is CCNCC1CCOC1C1CCCC(C)C1. The van der Waals surface area contributed by atoms with Gasteiger partial charge in [-0.2, -0.15) is 0 Å². The van der Waals surface area contributed by atoms with Crippen LogP contribution in [0.3, 0.4) is 0 Å². The van der Waals surface area contributed by atoms with Gasteiger partial charge >= 0.3 is 0 Å². The first-order valence-electron chi connectivity index (χ1n) is 7.13. The van der Waals surface area contributed by atoms with Crippen molar-refractivity contribution in [3.8, 4) is 0 Å². The van der Waals surface area contributed by atoms with Gasteiger partial charge in [0, 0.05) is 19.1 Å². The summed E-state index contributed by atoms with van der Waals surface area (Å²) < 4.78 is 6.01. The maximum Gasteiger partial charge on any atom is 0.0644 e. The summed E-state index contributed by atoms with van der Waals surface area (Å²) in [6, 6.07) is 0. The molecule has 2 fully saturated rings. The van der Waals surface area contributed by atoms with Crippen LogP contribution in [0.25, 0.3) is 0 Å². The van der Waals surface area contributed by atoms with Crippen molar-refractivity contribution in [2.45, 2.75) is 52.1 Å². The van der Waals surface area contributed by atoms with Crippen LogP contribution in [0.5, 0.6) is 0 Å². The largest absolute Gasteiger partial charge is 0.378 e. The molecule has 1 saturated heterocycles. The van der Waals surface area contributed by atoms with Gasteiger partial charge in [-0.25, -0.2) is 0 Å². The molecule has 1 aliphatic carbocycles. The third kappa shape index (κ3) is 2.98. The Morgan fingerprint density at radius 3 is 2.88 bits per heavy atom. The summed E-state index contributed by atoms with van der Waals surface area (Å²) in [5.41, 5.74) is 0. The average molecular weight is 225 g/mol. The van der Waals surface area contributed by atoms with Crippen molar-refractivity contribution in [3.63, 3.8) is 0 Å². The molecule has 0 aromatic carbocycles. The third-order valence-electron chi connectivity index (χ3n) is 4.36. The Morgan fingerprint density at radius 2 is 2.12 bits per heavy atom. The van der Waals surface area contributed by atoms with E-state index in [2.05, 4.69) is 19.2 Å². The molecular weight excluding hydrogens is 198 g/mol. The van der Waals surface area contributed by atoms with Crippen LogP contribution >= 0.6 is 0 Å². The van der Waals surface area contributed by atoms with Crippen molar-refractivity contribution in [2.75, 3.05) is 19.7 Å². The summed E-state index contributed by atoms with van der Waals surface area (Å²) in [5.74, 6) is 2.54. The molecule has 1 saturated carbocycles. The second-order valence-corrected chi connectivity index (χ2v) is 5.72. The van der Waals surface area contributed by atoms with Gasteiger partial charge in [-0.15, -0.1) is 0 Å². The molecule has 94 valence electrons. The predicted molar refractivity (Wildman–Crippen MR) is 67.5 cm³/mol. The number of hydrogen-bond acceptors (Lipinski definition) is 2. The van der Waals surface area contributed by atoms with Crippen molar-refractivity contribution in [2.24, 2.45) is 17.8 Å². The highest BCUT2D eigenvalue weighted by Gasteiger charge is 2.36. The third-order valence-corrected chi connectivity index (χ3v) is 4.36. The Morgan fingerprint density at radius 1 is 1.25 bits per heavy atom. The van der Waals surface area contributed by atoms with Gasteiger partial charge in [0.2, 0.25) is 0 Å². The molecule has 4 atom stereocenters. The minimum Gasteiger partial charge on any atom is -0.378 e. The highest BCUT2D eigenvalue weighted by Crippen LogP contribution is 2.37. The van der Waals surface area contributed by atoms with Crippen LogP contribution in [0, 0.1) is 17.8 Å². The lowest BCUT2D eigenvalue weighted by atomic mass is 9.76. The van der Waals surface area contributed by atoms with E-state index < -0.39 is 0 Å². The molecule has 2 aliphatic rings. The second kappa shape index (κ2) is 6.02. The van der Waals surface area contributed by atoms with Crippen LogP contribution in [-0.2, 0) is 4.74 Å². The highest BCUT2D eigenvalue weighted by molar-refractivity contribution is 4.86. The molecule has 1 heterocycles. The monoisotopic (exact) mass is 225 g/mol. The van der Waals surface area contributed by atoms with E-state index in [0.717, 1.165) is 37.5 Å². The molecule has 2 nitrogen and oxygen atoms in total. The van der Waals surface area contributed by atoms with Crippen molar-refractivity contribution >= 4 is 0 Å². The molecule has 2 rings (SSSR count). The summed E-state index contributed by atoms with van der Waals surface area (Å²) in [6.07, 6.45) is 7.47. The number of nitrogens with one attached hydrogen (secondary N) is 1. The molecule has 0 aromatic heterocycles. The topological polar surface area (TPSA) is 21.3 Å². The van der Waals surface area contributed by atoms with E-state index in [4.69, 9.17) is 4.74 Å². The van der Waals surface area contributed by atoms with Crippen LogP contribution in [0.15, 0.2) is 0 Å². The van der Waals surface area contributed by atoms with Gasteiger partial charge in [0.15, 0.2) is 0 Å². The smallest absolute Gasteiger partial charge is 0.0644 e. The Hall–Kier alpha value is -0.0800. The fraction of sp³-hybridized carbons (Fsp3) is 1.00. The minimum atomic E-state index is 0.557. The molecule has 1 aliphatic heterocycles. The van der Waals surface area contributed by atoms with Crippen LogP contribution in [0.1, 0.15) is 46.0 Å². The zero-order valence-corrected chi connectivity index (χ0v) is 10.9. The van der Waals surface area contributed by atoms with Gasteiger partial charge in [0.1, 0.15) is 0 Å². The first-order chi connectivity index (χ1) is 7.81. The van der Waals surface area contributed by atoms with E-state index in [1.54, 1.807) is 0 Å². The normalized spacial score (nSPS) is 40.1. The lowest BCUT2D eigenvalue weighted by Gasteiger charge is -2.33. The lowest BCUT2D eigenvalue weighted by molar-refractivity contribution is 0.0189. The summed E-state index contributed by atoms with van der Waals surface area (Å²) >= 11 is 0. The fourth-order valence-electron chi connectivity index (χ4n) is 3.50. The molecule has 0 spiro atoms. The van der Waals surface area contributed by atoms with Gasteiger partial charge < -0.3 is 10.1 Å². The highest BCUT2D eigenvalue weighted by atomic mass is 16.5. The van der Waals surface area contributed by atoms with E-state index in [1.165, 1.54) is 32.1 Å². The quantitative estimate of drug-likeness (QED) is 0.794. The van der Waals surface area contributed by atoms with Gasteiger partial charge in [0.05, 0.1) is 6.10 Å². The first-order valence-corrected chi connectivity index (χ1v) is 7.13. The van der Waals surface area contributed by atoms with Crippen LogP contribution in [0.2, 0.25) is 0 Å². The molecule has 0 bridgehead atoms. The van der Waals surface area contributed by atoms with Crippen molar-refractivity contribution < 1.29 is 4.74 Å². The number of ether oxygens (including phenoxy) is 1. The first kappa shape index (κ1) is 12.4. The zero-order valence-electron chi connectivity index (χ0n) is 10.9. The van der Waals surface area contributed by atoms with Crippen LogP contribution in [0.4, 0.5) is 0 Å². The summed E-state index contributed by atoms with van der Waals surface area (Å²) in [5, 5.41) is 3.49. The Bertz CT molecular complexity index is 207. The number of rotatable bonds is 4. The minimum absolute atomic E-state index is 0.557. The average Bonchev–Trinajstić information content (AvgIpc) is 2.74. The van der Waals surface area contributed by atoms with E-state index in [9.17, 15) is 0 Å². The van der Waals surface area contributed by atoms with Crippen LogP contribution < -0.4 is 5.32 Å². The van der Waals surface area contributed by atoms with Crippen molar-refractivity contribution in [3.05, 3.63) is 0 Å². The molecule has 16 heavy (non-hydrogen) atoms. The standard InChI is InChI=1S/C14H27NO/c1-3-15-10-13-7-8-16-14(13)12-6-4-5-11(2)9-12/h11-15H,3-10H2,1-2H3. The Balaban J connectivity index is 1.86. The van der Waals surface area contributed by atoms with Crippen molar-refractivity contribution in [1.29, 1.82) is 0 Å². The van der Waals surface area contributed by atoms with Gasteiger partial charge in [0.25, 0.3) is 0 Å².